The van der Waals surface area contributed by atoms with E-state index in [1.165, 1.54) is 29.5 Å². The lowest BCUT2D eigenvalue weighted by molar-refractivity contribution is 0.0634. The van der Waals surface area contributed by atoms with Crippen LogP contribution in [0.3, 0.4) is 0 Å². The zero-order valence-corrected chi connectivity index (χ0v) is 13.2. The van der Waals surface area contributed by atoms with Gasteiger partial charge < -0.3 is 9.84 Å². The van der Waals surface area contributed by atoms with Crippen LogP contribution in [0, 0.1) is 0 Å². The molecule has 1 aromatic carbocycles. The van der Waals surface area contributed by atoms with E-state index < -0.39 is 17.7 Å². The zero-order chi connectivity index (χ0) is 16.3. The number of rotatable bonds is 3. The lowest BCUT2D eigenvalue weighted by Crippen LogP contribution is -2.27. The summed E-state index contributed by atoms with van der Waals surface area (Å²) in [6.45, 7) is 5.30. The number of hydrogen-bond acceptors (Lipinski definition) is 5. The van der Waals surface area contributed by atoms with Gasteiger partial charge in [0.2, 0.25) is 0 Å². The van der Waals surface area contributed by atoms with Crippen molar-refractivity contribution >= 4 is 29.1 Å². The Hall–Kier alpha value is -2.41. The highest BCUT2D eigenvalue weighted by molar-refractivity contribution is 7.13. The number of benzene rings is 1. The summed E-state index contributed by atoms with van der Waals surface area (Å²) in [6, 6.07) is 4.43. The smallest absolute Gasteiger partial charge is 0.412 e. The third kappa shape index (κ3) is 4.05. The first kappa shape index (κ1) is 16.0. The molecule has 1 aromatic heterocycles. The van der Waals surface area contributed by atoms with Crippen molar-refractivity contribution in [3.8, 4) is 10.6 Å². The van der Waals surface area contributed by atoms with Crippen LogP contribution in [0.25, 0.3) is 10.6 Å². The first-order chi connectivity index (χ1) is 10.3. The largest absolute Gasteiger partial charge is 0.478 e. The van der Waals surface area contributed by atoms with Crippen LogP contribution in [0.4, 0.5) is 10.5 Å². The Kier molecular flexibility index (Phi) is 4.46. The molecular formula is C15H16N2O4S. The number of carboxylic acid groups (broad SMARTS) is 1. The van der Waals surface area contributed by atoms with Gasteiger partial charge in [-0.2, -0.15) is 0 Å². The molecule has 6 nitrogen and oxygen atoms in total. The summed E-state index contributed by atoms with van der Waals surface area (Å²) in [7, 11) is 0. The van der Waals surface area contributed by atoms with Crippen LogP contribution < -0.4 is 5.32 Å². The molecule has 0 fully saturated rings. The minimum atomic E-state index is -1.04. The Morgan fingerprint density at radius 3 is 2.59 bits per heavy atom. The number of thiazole rings is 1. The molecule has 1 heterocycles. The summed E-state index contributed by atoms with van der Waals surface area (Å²) in [4.78, 5) is 27.2. The van der Waals surface area contributed by atoms with E-state index in [1.807, 2.05) is 0 Å². The molecule has 0 spiro atoms. The SMILES string of the molecule is CC(C)(C)OC(=O)Nc1ccc(C(=O)O)cc1-c1nccs1. The van der Waals surface area contributed by atoms with Gasteiger partial charge in [0.25, 0.3) is 0 Å². The number of ether oxygens (including phenoxy) is 1. The molecule has 0 aliphatic heterocycles. The fraction of sp³-hybridized carbons (Fsp3) is 0.267. The van der Waals surface area contributed by atoms with Crippen LogP contribution in [0.1, 0.15) is 31.1 Å². The number of nitrogens with zero attached hydrogens (tertiary/aromatic N) is 1. The van der Waals surface area contributed by atoms with Crippen LogP contribution in [-0.4, -0.2) is 27.8 Å². The lowest BCUT2D eigenvalue weighted by Gasteiger charge is -2.20. The fourth-order valence-electron chi connectivity index (χ4n) is 1.73. The summed E-state index contributed by atoms with van der Waals surface area (Å²) in [5, 5.41) is 14.1. The van der Waals surface area contributed by atoms with Crippen molar-refractivity contribution in [2.45, 2.75) is 26.4 Å². The Labute approximate surface area is 131 Å². The monoisotopic (exact) mass is 320 g/mol. The number of carbonyl (C=O) groups excluding carboxylic acids is 1. The molecule has 0 unspecified atom stereocenters. The third-order valence-electron chi connectivity index (χ3n) is 2.56. The van der Waals surface area contributed by atoms with E-state index >= 15 is 0 Å². The molecule has 0 saturated heterocycles. The quantitative estimate of drug-likeness (QED) is 0.896. The summed E-state index contributed by atoms with van der Waals surface area (Å²) in [6.07, 6.45) is 1.01. The average Bonchev–Trinajstić information content (AvgIpc) is 2.90. The highest BCUT2D eigenvalue weighted by Gasteiger charge is 2.19. The number of carbonyl (C=O) groups is 2. The summed E-state index contributed by atoms with van der Waals surface area (Å²) in [5.74, 6) is -1.04. The number of nitrogens with one attached hydrogen (secondary N) is 1. The predicted octanol–water partition coefficient (Wildman–Crippen LogP) is 3.86. The van der Waals surface area contributed by atoms with Gasteiger partial charge in [-0.15, -0.1) is 11.3 Å². The predicted molar refractivity (Wildman–Crippen MR) is 84.4 cm³/mol. The highest BCUT2D eigenvalue weighted by atomic mass is 32.1. The lowest BCUT2D eigenvalue weighted by atomic mass is 10.1. The van der Waals surface area contributed by atoms with Crippen LogP contribution in [0.15, 0.2) is 29.8 Å². The second kappa shape index (κ2) is 6.15. The van der Waals surface area contributed by atoms with Gasteiger partial charge in [-0.25, -0.2) is 14.6 Å². The van der Waals surface area contributed by atoms with Gasteiger partial charge in [-0.1, -0.05) is 0 Å². The average molecular weight is 320 g/mol. The molecule has 116 valence electrons. The van der Waals surface area contributed by atoms with Crippen molar-refractivity contribution in [1.82, 2.24) is 4.98 Å². The summed E-state index contributed by atoms with van der Waals surface area (Å²) >= 11 is 1.35. The number of carboxylic acids is 1. The number of anilines is 1. The second-order valence-corrected chi connectivity index (χ2v) is 6.42. The van der Waals surface area contributed by atoms with Crippen LogP contribution in [0.5, 0.6) is 0 Å². The van der Waals surface area contributed by atoms with Gasteiger partial charge >= 0.3 is 12.1 Å². The van der Waals surface area contributed by atoms with Crippen LogP contribution in [-0.2, 0) is 4.74 Å². The van der Waals surface area contributed by atoms with Crippen molar-refractivity contribution in [2.75, 3.05) is 5.32 Å². The molecule has 7 heteroatoms. The number of aromatic nitrogens is 1. The number of hydrogen-bond donors (Lipinski definition) is 2. The van der Waals surface area contributed by atoms with E-state index in [1.54, 1.807) is 32.3 Å². The van der Waals surface area contributed by atoms with Gasteiger partial charge in [0, 0.05) is 17.1 Å². The molecule has 2 N–H and O–H groups in total. The molecule has 0 saturated carbocycles. The first-order valence-electron chi connectivity index (χ1n) is 6.53. The second-order valence-electron chi connectivity index (χ2n) is 5.53. The van der Waals surface area contributed by atoms with E-state index in [0.29, 0.717) is 16.3 Å². The Balaban J connectivity index is 2.35. The summed E-state index contributed by atoms with van der Waals surface area (Å²) in [5.41, 5.74) is 0.502. The topological polar surface area (TPSA) is 88.5 Å². The minimum Gasteiger partial charge on any atom is -0.478 e. The molecule has 0 bridgehead atoms. The zero-order valence-electron chi connectivity index (χ0n) is 12.4. The maximum atomic E-state index is 11.9. The molecule has 0 atom stereocenters. The molecule has 1 amide bonds. The molecule has 0 radical (unpaired) electrons. The van der Waals surface area contributed by atoms with E-state index in [2.05, 4.69) is 10.3 Å². The van der Waals surface area contributed by atoms with Crippen molar-refractivity contribution in [2.24, 2.45) is 0 Å². The number of amides is 1. The van der Waals surface area contributed by atoms with Gasteiger partial charge in [-0.05, 0) is 39.0 Å². The minimum absolute atomic E-state index is 0.125. The Morgan fingerprint density at radius 1 is 1.32 bits per heavy atom. The van der Waals surface area contributed by atoms with Gasteiger partial charge in [-0.3, -0.25) is 5.32 Å². The van der Waals surface area contributed by atoms with E-state index in [4.69, 9.17) is 9.84 Å². The maximum absolute atomic E-state index is 11.9. The molecule has 0 aliphatic carbocycles. The van der Waals surface area contributed by atoms with Crippen molar-refractivity contribution in [3.05, 3.63) is 35.3 Å². The van der Waals surface area contributed by atoms with Gasteiger partial charge in [0.1, 0.15) is 10.6 Å². The fourth-order valence-corrected chi connectivity index (χ4v) is 2.40. The maximum Gasteiger partial charge on any atom is 0.412 e. The standard InChI is InChI=1S/C15H16N2O4S/c1-15(2,3)21-14(20)17-11-5-4-9(13(18)19)8-10(11)12-16-6-7-22-12/h4-8H,1-3H3,(H,17,20)(H,18,19). The Bertz CT molecular complexity index is 690. The van der Waals surface area contributed by atoms with E-state index in [0.717, 1.165) is 0 Å². The van der Waals surface area contributed by atoms with Crippen molar-refractivity contribution < 1.29 is 19.4 Å². The number of aromatic carboxylic acids is 1. The highest BCUT2D eigenvalue weighted by Crippen LogP contribution is 2.31. The van der Waals surface area contributed by atoms with Gasteiger partial charge in [0.15, 0.2) is 0 Å². The Morgan fingerprint density at radius 2 is 2.05 bits per heavy atom. The molecule has 22 heavy (non-hydrogen) atoms. The normalized spacial score (nSPS) is 11.0. The molecule has 2 rings (SSSR count). The molecule has 2 aromatic rings. The van der Waals surface area contributed by atoms with Gasteiger partial charge in [0.05, 0.1) is 11.3 Å². The van der Waals surface area contributed by atoms with E-state index in [-0.39, 0.29) is 5.56 Å². The molecule has 0 aliphatic rings. The van der Waals surface area contributed by atoms with Crippen molar-refractivity contribution in [3.63, 3.8) is 0 Å². The van der Waals surface area contributed by atoms with E-state index in [9.17, 15) is 9.59 Å². The van der Waals surface area contributed by atoms with Crippen molar-refractivity contribution in [1.29, 1.82) is 0 Å². The van der Waals surface area contributed by atoms with Crippen LogP contribution >= 0.6 is 11.3 Å². The van der Waals surface area contributed by atoms with Crippen LogP contribution in [0.2, 0.25) is 0 Å². The summed E-state index contributed by atoms with van der Waals surface area (Å²) < 4.78 is 5.21. The first-order valence-corrected chi connectivity index (χ1v) is 7.41. The third-order valence-corrected chi connectivity index (χ3v) is 3.37. The molecular weight excluding hydrogens is 304 g/mol.